The summed E-state index contributed by atoms with van der Waals surface area (Å²) >= 11 is 0. The van der Waals surface area contributed by atoms with E-state index in [2.05, 4.69) is 5.32 Å². The van der Waals surface area contributed by atoms with Crippen LogP contribution >= 0.6 is 0 Å². The van der Waals surface area contributed by atoms with Gasteiger partial charge in [0.1, 0.15) is 5.75 Å². The van der Waals surface area contributed by atoms with Gasteiger partial charge in [0.05, 0.1) is 4.90 Å². The molecule has 2 aromatic carbocycles. The predicted molar refractivity (Wildman–Crippen MR) is 102 cm³/mol. The topological polar surface area (TPSA) is 75.7 Å². The Balaban J connectivity index is 1.47. The number of carbonyl (C=O) groups excluding carboxylic acids is 1. The number of hydrogen-bond acceptors (Lipinski definition) is 4. The van der Waals surface area contributed by atoms with E-state index in [1.165, 1.54) is 10.4 Å². The summed E-state index contributed by atoms with van der Waals surface area (Å²) in [4.78, 5) is 12.8. The molecule has 1 saturated heterocycles. The molecule has 6 nitrogen and oxygen atoms in total. The van der Waals surface area contributed by atoms with Crippen molar-refractivity contribution in [1.29, 1.82) is 0 Å². The third kappa shape index (κ3) is 3.70. The minimum Gasteiger partial charge on any atom is -0.480 e. The van der Waals surface area contributed by atoms with Crippen LogP contribution in [0.1, 0.15) is 24.8 Å². The van der Waals surface area contributed by atoms with Crippen molar-refractivity contribution in [3.05, 3.63) is 54.1 Å². The fourth-order valence-corrected chi connectivity index (χ4v) is 5.10. The van der Waals surface area contributed by atoms with Gasteiger partial charge in [-0.05, 0) is 42.7 Å². The van der Waals surface area contributed by atoms with Crippen LogP contribution in [0.15, 0.2) is 53.4 Å². The maximum Gasteiger partial charge on any atom is 0.265 e. The molecule has 2 aliphatic heterocycles. The van der Waals surface area contributed by atoms with E-state index >= 15 is 0 Å². The highest BCUT2D eigenvalue weighted by atomic mass is 32.2. The summed E-state index contributed by atoms with van der Waals surface area (Å²) < 4.78 is 32.9. The Morgan fingerprint density at radius 1 is 1.04 bits per heavy atom. The van der Waals surface area contributed by atoms with Crippen LogP contribution in [0.25, 0.3) is 0 Å². The molecule has 2 aromatic rings. The van der Waals surface area contributed by atoms with Crippen LogP contribution in [0, 0.1) is 0 Å². The van der Waals surface area contributed by atoms with Gasteiger partial charge in [-0.15, -0.1) is 0 Å². The number of amides is 1. The summed E-state index contributed by atoms with van der Waals surface area (Å²) in [5.74, 6) is 0.442. The third-order valence-corrected chi connectivity index (χ3v) is 6.89. The summed E-state index contributed by atoms with van der Waals surface area (Å²) in [6, 6.07) is 14.0. The minimum atomic E-state index is -3.53. The molecule has 1 atom stereocenters. The number of benzene rings is 2. The van der Waals surface area contributed by atoms with Gasteiger partial charge in [-0.2, -0.15) is 4.31 Å². The van der Waals surface area contributed by atoms with Gasteiger partial charge >= 0.3 is 0 Å². The molecule has 0 saturated carbocycles. The molecule has 7 heteroatoms. The number of piperidine rings is 1. The van der Waals surface area contributed by atoms with E-state index in [0.29, 0.717) is 25.2 Å². The van der Waals surface area contributed by atoms with Crippen LogP contribution in [0.4, 0.5) is 5.69 Å². The Bertz CT molecular complexity index is 927. The van der Waals surface area contributed by atoms with Gasteiger partial charge in [0.2, 0.25) is 10.0 Å². The standard InChI is InChI=1S/C20H22N2O4S/c23-20(19-13-15-7-2-3-10-18(15)26-19)21-16-8-6-9-17(14-16)27(24,25)22-11-4-1-5-12-22/h2-3,6-10,14,19H,1,4-5,11-13H2,(H,21,23)/t19-/m0/s1. The maximum atomic E-state index is 12.8. The van der Waals surface area contributed by atoms with Crippen LogP contribution in [0.3, 0.4) is 0 Å². The second-order valence-corrected chi connectivity index (χ2v) is 8.84. The van der Waals surface area contributed by atoms with Gasteiger partial charge in [-0.3, -0.25) is 4.79 Å². The summed E-state index contributed by atoms with van der Waals surface area (Å²) in [6.45, 7) is 1.10. The lowest BCUT2D eigenvalue weighted by Crippen LogP contribution is -2.35. The molecule has 0 unspecified atom stereocenters. The average molecular weight is 386 g/mol. The first-order valence-corrected chi connectivity index (χ1v) is 10.6. The molecule has 27 heavy (non-hydrogen) atoms. The monoisotopic (exact) mass is 386 g/mol. The van der Waals surface area contributed by atoms with E-state index in [-0.39, 0.29) is 10.8 Å². The van der Waals surface area contributed by atoms with Gasteiger partial charge in [-0.25, -0.2) is 8.42 Å². The van der Waals surface area contributed by atoms with Gasteiger partial charge in [-0.1, -0.05) is 30.7 Å². The fraction of sp³-hybridized carbons (Fsp3) is 0.350. The number of carbonyl (C=O) groups is 1. The molecule has 1 fully saturated rings. The van der Waals surface area contributed by atoms with Crippen molar-refractivity contribution in [3.8, 4) is 5.75 Å². The summed E-state index contributed by atoms with van der Waals surface area (Å²) in [5.41, 5.74) is 1.46. The summed E-state index contributed by atoms with van der Waals surface area (Å²) in [6.07, 6.45) is 2.73. The van der Waals surface area contributed by atoms with Crippen molar-refractivity contribution in [3.63, 3.8) is 0 Å². The SMILES string of the molecule is O=C(Nc1cccc(S(=O)(=O)N2CCCCC2)c1)[C@@H]1Cc2ccccc2O1. The Labute approximate surface area is 159 Å². The molecular weight excluding hydrogens is 364 g/mol. The van der Waals surface area contributed by atoms with Gasteiger partial charge in [0, 0.05) is 25.2 Å². The van der Waals surface area contributed by atoms with E-state index in [1.807, 2.05) is 24.3 Å². The normalized spacial score (nSPS) is 19.9. The third-order valence-electron chi connectivity index (χ3n) is 4.99. The number of ether oxygens (including phenoxy) is 1. The van der Waals surface area contributed by atoms with Crippen molar-refractivity contribution in [2.75, 3.05) is 18.4 Å². The number of nitrogens with one attached hydrogen (secondary N) is 1. The van der Waals surface area contributed by atoms with Crippen LogP contribution in [0.2, 0.25) is 0 Å². The van der Waals surface area contributed by atoms with Gasteiger partial charge in [0.25, 0.3) is 5.91 Å². The number of fused-ring (bicyclic) bond motifs is 1. The summed E-state index contributed by atoms with van der Waals surface area (Å²) in [5, 5.41) is 2.79. The Kier molecular flexibility index (Phi) is 4.88. The molecule has 0 aliphatic carbocycles. The molecule has 0 aromatic heterocycles. The number of sulfonamides is 1. The van der Waals surface area contributed by atoms with E-state index in [4.69, 9.17) is 4.74 Å². The predicted octanol–water partition coefficient (Wildman–Crippen LogP) is 2.80. The molecule has 142 valence electrons. The van der Waals surface area contributed by atoms with Crippen LogP contribution in [0.5, 0.6) is 5.75 Å². The van der Waals surface area contributed by atoms with Gasteiger partial charge < -0.3 is 10.1 Å². The fourth-order valence-electron chi connectivity index (χ4n) is 3.54. The quantitative estimate of drug-likeness (QED) is 0.877. The molecule has 1 amide bonds. The molecule has 0 bridgehead atoms. The second kappa shape index (κ2) is 7.32. The first-order chi connectivity index (χ1) is 13.0. The zero-order chi connectivity index (χ0) is 18.9. The number of hydrogen-bond donors (Lipinski definition) is 1. The first-order valence-electron chi connectivity index (χ1n) is 9.20. The van der Waals surface area contributed by atoms with Gasteiger partial charge in [0.15, 0.2) is 6.10 Å². The lowest BCUT2D eigenvalue weighted by atomic mass is 10.1. The van der Waals surface area contributed by atoms with E-state index in [1.54, 1.807) is 18.2 Å². The highest BCUT2D eigenvalue weighted by Gasteiger charge is 2.30. The molecule has 1 N–H and O–H groups in total. The Morgan fingerprint density at radius 2 is 1.81 bits per heavy atom. The van der Waals surface area contributed by atoms with Crippen LogP contribution in [-0.4, -0.2) is 37.8 Å². The summed E-state index contributed by atoms with van der Waals surface area (Å²) in [7, 11) is -3.53. The van der Waals surface area contributed by atoms with Crippen molar-refractivity contribution in [1.82, 2.24) is 4.31 Å². The lowest BCUT2D eigenvalue weighted by Gasteiger charge is -2.26. The molecule has 4 rings (SSSR count). The zero-order valence-corrected chi connectivity index (χ0v) is 15.7. The minimum absolute atomic E-state index is 0.206. The largest absolute Gasteiger partial charge is 0.480 e. The van der Waals surface area contributed by atoms with Crippen molar-refractivity contribution in [2.45, 2.75) is 36.7 Å². The number of anilines is 1. The number of nitrogens with zero attached hydrogens (tertiary/aromatic N) is 1. The molecule has 0 spiro atoms. The van der Waals surface area contributed by atoms with Crippen LogP contribution < -0.4 is 10.1 Å². The number of para-hydroxylation sites is 1. The number of rotatable bonds is 4. The molecule has 2 heterocycles. The van der Waals surface area contributed by atoms with Crippen molar-refractivity contribution >= 4 is 21.6 Å². The Hall–Kier alpha value is -2.38. The van der Waals surface area contributed by atoms with Crippen molar-refractivity contribution in [2.24, 2.45) is 0 Å². The average Bonchev–Trinajstić information content (AvgIpc) is 3.13. The van der Waals surface area contributed by atoms with Crippen LogP contribution in [-0.2, 0) is 21.2 Å². The van der Waals surface area contributed by atoms with E-state index in [9.17, 15) is 13.2 Å². The smallest absolute Gasteiger partial charge is 0.265 e. The highest BCUT2D eigenvalue weighted by Crippen LogP contribution is 2.29. The molecule has 2 aliphatic rings. The lowest BCUT2D eigenvalue weighted by molar-refractivity contribution is -0.122. The Morgan fingerprint density at radius 3 is 2.59 bits per heavy atom. The maximum absolute atomic E-state index is 12.8. The highest BCUT2D eigenvalue weighted by molar-refractivity contribution is 7.89. The first kappa shape index (κ1) is 18.0. The molecular formula is C20H22N2O4S. The molecule has 0 radical (unpaired) electrons. The second-order valence-electron chi connectivity index (χ2n) is 6.90. The van der Waals surface area contributed by atoms with Crippen molar-refractivity contribution < 1.29 is 17.9 Å². The van der Waals surface area contributed by atoms with E-state index < -0.39 is 16.1 Å². The van der Waals surface area contributed by atoms with E-state index in [0.717, 1.165) is 30.6 Å². The zero-order valence-electron chi connectivity index (χ0n) is 14.9.